The van der Waals surface area contributed by atoms with Crippen LogP contribution in [0.15, 0.2) is 36.4 Å². The summed E-state index contributed by atoms with van der Waals surface area (Å²) in [5.74, 6) is 2.45. The maximum Gasteiger partial charge on any atom is 0.131 e. The van der Waals surface area contributed by atoms with Gasteiger partial charge in [-0.05, 0) is 54.2 Å². The Labute approximate surface area is 125 Å². The molecule has 2 heteroatoms. The van der Waals surface area contributed by atoms with Gasteiger partial charge in [0.25, 0.3) is 0 Å². The van der Waals surface area contributed by atoms with Crippen molar-refractivity contribution in [2.24, 2.45) is 17.8 Å². The van der Waals surface area contributed by atoms with E-state index in [1.807, 2.05) is 24.3 Å². The first-order valence-corrected chi connectivity index (χ1v) is 8.21. The lowest BCUT2D eigenvalue weighted by Crippen LogP contribution is -2.24. The Morgan fingerprint density at radius 3 is 2.52 bits per heavy atom. The van der Waals surface area contributed by atoms with Crippen LogP contribution in [0.4, 0.5) is 4.39 Å². The molecule has 0 amide bonds. The summed E-state index contributed by atoms with van der Waals surface area (Å²) in [6.07, 6.45) is 4.17. The highest BCUT2D eigenvalue weighted by Gasteiger charge is 2.56. The Morgan fingerprint density at radius 2 is 1.81 bits per heavy atom. The van der Waals surface area contributed by atoms with E-state index in [0.29, 0.717) is 6.04 Å². The monoisotopic (exact) mass is 283 g/mol. The van der Waals surface area contributed by atoms with Gasteiger partial charge in [0.2, 0.25) is 0 Å². The van der Waals surface area contributed by atoms with Crippen LogP contribution >= 0.6 is 0 Å². The van der Waals surface area contributed by atoms with E-state index in [9.17, 15) is 4.39 Å². The number of fused-ring (bicyclic) bond motifs is 2. The fraction of sp³-hybridized carbons (Fsp3) is 0.474. The molecule has 2 fully saturated rings. The van der Waals surface area contributed by atoms with Crippen LogP contribution in [0.5, 0.6) is 0 Å². The van der Waals surface area contributed by atoms with Crippen LogP contribution < -0.4 is 5.32 Å². The van der Waals surface area contributed by atoms with Gasteiger partial charge in [0.1, 0.15) is 5.82 Å². The first kappa shape index (κ1) is 13.3. The topological polar surface area (TPSA) is 12.0 Å². The van der Waals surface area contributed by atoms with Crippen LogP contribution in [0.2, 0.25) is 0 Å². The lowest BCUT2D eigenvalue weighted by Gasteiger charge is -2.22. The molecule has 0 spiro atoms. The molecule has 21 heavy (non-hydrogen) atoms. The minimum Gasteiger partial charge on any atom is -0.310 e. The molecule has 2 aliphatic rings. The Balaban J connectivity index is 1.78. The zero-order valence-electron chi connectivity index (χ0n) is 12.5. The molecule has 2 aromatic rings. The average Bonchev–Trinajstić information content (AvgIpc) is 2.97. The van der Waals surface area contributed by atoms with Crippen molar-refractivity contribution in [1.29, 1.82) is 0 Å². The molecular weight excluding hydrogens is 261 g/mol. The lowest BCUT2D eigenvalue weighted by atomic mass is 9.92. The lowest BCUT2D eigenvalue weighted by molar-refractivity contribution is 0.428. The molecule has 4 rings (SSSR count). The van der Waals surface area contributed by atoms with Crippen molar-refractivity contribution in [3.8, 4) is 0 Å². The Bertz CT molecular complexity index is 656. The molecule has 110 valence electrons. The largest absolute Gasteiger partial charge is 0.310 e. The summed E-state index contributed by atoms with van der Waals surface area (Å²) in [7, 11) is 0. The van der Waals surface area contributed by atoms with Gasteiger partial charge < -0.3 is 5.32 Å². The Kier molecular flexibility index (Phi) is 3.22. The van der Waals surface area contributed by atoms with E-state index >= 15 is 0 Å². The van der Waals surface area contributed by atoms with Gasteiger partial charge in [-0.3, -0.25) is 0 Å². The maximum atomic E-state index is 14.0. The third-order valence-corrected chi connectivity index (χ3v) is 5.52. The summed E-state index contributed by atoms with van der Waals surface area (Å²) < 4.78 is 14.0. The highest BCUT2D eigenvalue weighted by atomic mass is 19.1. The number of hydrogen-bond acceptors (Lipinski definition) is 1. The highest BCUT2D eigenvalue weighted by molar-refractivity contribution is 5.86. The van der Waals surface area contributed by atoms with Gasteiger partial charge in [-0.1, -0.05) is 43.7 Å². The summed E-state index contributed by atoms with van der Waals surface area (Å²) in [5.41, 5.74) is 1.29. The minimum absolute atomic E-state index is 0.111. The Morgan fingerprint density at radius 1 is 1.10 bits per heavy atom. The molecular formula is C19H22FN. The second kappa shape index (κ2) is 5.10. The SMILES string of the molecule is CCNC(c1ccc(F)c2ccccc12)C1C2CCCC21. The van der Waals surface area contributed by atoms with Crippen LogP contribution in [0.25, 0.3) is 10.8 Å². The zero-order chi connectivity index (χ0) is 14.4. The predicted molar refractivity (Wildman–Crippen MR) is 84.6 cm³/mol. The van der Waals surface area contributed by atoms with Crippen molar-refractivity contribution in [2.45, 2.75) is 32.2 Å². The highest BCUT2D eigenvalue weighted by Crippen LogP contribution is 2.62. The molecule has 0 aromatic heterocycles. The van der Waals surface area contributed by atoms with Crippen molar-refractivity contribution >= 4 is 10.8 Å². The van der Waals surface area contributed by atoms with Crippen molar-refractivity contribution in [1.82, 2.24) is 5.32 Å². The molecule has 2 saturated carbocycles. The van der Waals surface area contributed by atoms with Gasteiger partial charge in [0.05, 0.1) is 0 Å². The predicted octanol–water partition coefficient (Wildman–Crippen LogP) is 4.68. The molecule has 0 heterocycles. The van der Waals surface area contributed by atoms with E-state index in [-0.39, 0.29) is 5.82 Å². The standard InChI is InChI=1S/C19H22FN/c1-2-21-19(18-14-8-5-9-15(14)18)16-10-11-17(20)13-7-4-3-6-12(13)16/h3-4,6-7,10-11,14-15,18-19,21H,2,5,8-9H2,1H3. The fourth-order valence-electron chi connectivity index (χ4n) is 4.60. The number of benzene rings is 2. The van der Waals surface area contributed by atoms with Gasteiger partial charge in [-0.2, -0.15) is 0 Å². The summed E-state index contributed by atoms with van der Waals surface area (Å²) in [4.78, 5) is 0. The van der Waals surface area contributed by atoms with E-state index < -0.39 is 0 Å². The normalized spacial score (nSPS) is 28.6. The molecule has 0 aliphatic heterocycles. The van der Waals surface area contributed by atoms with Gasteiger partial charge in [-0.25, -0.2) is 4.39 Å². The maximum absolute atomic E-state index is 14.0. The molecule has 0 saturated heterocycles. The quantitative estimate of drug-likeness (QED) is 0.859. The van der Waals surface area contributed by atoms with Gasteiger partial charge in [-0.15, -0.1) is 0 Å². The van der Waals surface area contributed by atoms with Gasteiger partial charge in [0, 0.05) is 11.4 Å². The molecule has 3 unspecified atom stereocenters. The zero-order valence-corrected chi connectivity index (χ0v) is 12.5. The van der Waals surface area contributed by atoms with E-state index in [1.54, 1.807) is 6.07 Å². The number of halogens is 1. The average molecular weight is 283 g/mol. The van der Waals surface area contributed by atoms with E-state index in [0.717, 1.165) is 35.1 Å². The summed E-state index contributed by atoms with van der Waals surface area (Å²) >= 11 is 0. The molecule has 0 bridgehead atoms. The number of nitrogens with one attached hydrogen (secondary N) is 1. The number of hydrogen-bond donors (Lipinski definition) is 1. The summed E-state index contributed by atoms with van der Waals surface area (Å²) in [5, 5.41) is 5.51. The van der Waals surface area contributed by atoms with Crippen LogP contribution in [-0.4, -0.2) is 6.54 Å². The minimum atomic E-state index is -0.111. The van der Waals surface area contributed by atoms with Crippen LogP contribution in [0, 0.1) is 23.6 Å². The first-order chi connectivity index (χ1) is 10.3. The molecule has 0 radical (unpaired) electrons. The second-order valence-electron chi connectivity index (χ2n) is 6.55. The molecule has 2 aliphatic carbocycles. The first-order valence-electron chi connectivity index (χ1n) is 8.21. The smallest absolute Gasteiger partial charge is 0.131 e. The van der Waals surface area contributed by atoms with Crippen molar-refractivity contribution in [2.75, 3.05) is 6.54 Å². The Hall–Kier alpha value is -1.41. The fourth-order valence-corrected chi connectivity index (χ4v) is 4.60. The molecule has 1 nitrogen and oxygen atoms in total. The van der Waals surface area contributed by atoms with Crippen molar-refractivity contribution in [3.05, 3.63) is 47.8 Å². The summed E-state index contributed by atoms with van der Waals surface area (Å²) in [6, 6.07) is 11.9. The van der Waals surface area contributed by atoms with Gasteiger partial charge >= 0.3 is 0 Å². The van der Waals surface area contributed by atoms with E-state index in [4.69, 9.17) is 0 Å². The van der Waals surface area contributed by atoms with Crippen molar-refractivity contribution in [3.63, 3.8) is 0 Å². The van der Waals surface area contributed by atoms with E-state index in [2.05, 4.69) is 18.3 Å². The molecule has 3 atom stereocenters. The van der Waals surface area contributed by atoms with E-state index in [1.165, 1.54) is 24.8 Å². The van der Waals surface area contributed by atoms with Crippen LogP contribution in [-0.2, 0) is 0 Å². The van der Waals surface area contributed by atoms with Crippen molar-refractivity contribution < 1.29 is 4.39 Å². The third kappa shape index (κ3) is 2.08. The van der Waals surface area contributed by atoms with Crippen LogP contribution in [0.1, 0.15) is 37.8 Å². The molecule has 1 N–H and O–H groups in total. The third-order valence-electron chi connectivity index (χ3n) is 5.52. The summed E-state index contributed by atoms with van der Waals surface area (Å²) in [6.45, 7) is 3.13. The number of rotatable bonds is 4. The molecule has 2 aromatic carbocycles. The van der Waals surface area contributed by atoms with Crippen LogP contribution in [0.3, 0.4) is 0 Å². The van der Waals surface area contributed by atoms with Gasteiger partial charge in [0.15, 0.2) is 0 Å². The second-order valence-corrected chi connectivity index (χ2v) is 6.55.